The molecule has 142 valence electrons. The van der Waals surface area contributed by atoms with Gasteiger partial charge in [-0.1, -0.05) is 48.0 Å². The molecular weight excluding hydrogens is 352 g/mol. The van der Waals surface area contributed by atoms with Gasteiger partial charge in [0.05, 0.1) is 12.7 Å². The molecule has 5 heteroatoms. The van der Waals surface area contributed by atoms with Gasteiger partial charge in [-0.25, -0.2) is 0 Å². The highest BCUT2D eigenvalue weighted by molar-refractivity contribution is 6.01. The second kappa shape index (κ2) is 7.27. The van der Waals surface area contributed by atoms with Crippen LogP contribution in [0.2, 0.25) is 0 Å². The lowest BCUT2D eigenvalue weighted by Gasteiger charge is -2.38. The van der Waals surface area contributed by atoms with Gasteiger partial charge in [0.25, 0.3) is 5.91 Å². The molecule has 0 unspecified atom stereocenters. The van der Waals surface area contributed by atoms with E-state index in [2.05, 4.69) is 5.32 Å². The van der Waals surface area contributed by atoms with Crippen molar-refractivity contribution in [3.63, 3.8) is 0 Å². The molecule has 1 atom stereocenters. The summed E-state index contributed by atoms with van der Waals surface area (Å²) in [4.78, 5) is 15.1. The summed E-state index contributed by atoms with van der Waals surface area (Å²) in [5.41, 5.74) is 4.51. The van der Waals surface area contributed by atoms with E-state index in [1.807, 2.05) is 55.5 Å². The molecule has 0 radical (unpaired) electrons. The van der Waals surface area contributed by atoms with Crippen molar-refractivity contribution in [3.05, 3.63) is 89.0 Å². The van der Waals surface area contributed by atoms with Crippen molar-refractivity contribution in [2.45, 2.75) is 19.6 Å². The Morgan fingerprint density at radius 2 is 1.82 bits per heavy atom. The van der Waals surface area contributed by atoms with Crippen LogP contribution in [-0.4, -0.2) is 23.0 Å². The van der Waals surface area contributed by atoms with E-state index in [0.29, 0.717) is 17.9 Å². The number of aromatic hydroxyl groups is 1. The molecule has 0 spiro atoms. The van der Waals surface area contributed by atoms with Crippen LogP contribution in [0.1, 0.15) is 33.2 Å². The van der Waals surface area contributed by atoms with Gasteiger partial charge in [-0.2, -0.15) is 0 Å². The van der Waals surface area contributed by atoms with Crippen molar-refractivity contribution in [1.29, 1.82) is 0 Å². The average molecular weight is 374 g/mol. The summed E-state index contributed by atoms with van der Waals surface area (Å²) in [5.74, 6) is 0.409. The highest BCUT2D eigenvalue weighted by Gasteiger charge is 2.33. The third-order valence-corrected chi connectivity index (χ3v) is 5.02. The number of amides is 1. The fourth-order valence-electron chi connectivity index (χ4n) is 3.47. The minimum absolute atomic E-state index is 0.0352. The fraction of sp³-hybridized carbons (Fsp3) is 0.174. The van der Waals surface area contributed by atoms with E-state index in [0.717, 1.165) is 16.8 Å². The molecule has 3 aromatic rings. The normalized spacial score (nSPS) is 15.7. The van der Waals surface area contributed by atoms with Gasteiger partial charge in [0.2, 0.25) is 0 Å². The monoisotopic (exact) mass is 374 g/mol. The fourth-order valence-corrected chi connectivity index (χ4v) is 3.47. The molecule has 0 fully saturated rings. The van der Waals surface area contributed by atoms with Crippen molar-refractivity contribution in [1.82, 2.24) is 4.90 Å². The lowest BCUT2D eigenvalue weighted by molar-refractivity contribution is 0.0666. The predicted octanol–water partition coefficient (Wildman–Crippen LogP) is 4.48. The Labute approximate surface area is 164 Å². The van der Waals surface area contributed by atoms with E-state index >= 15 is 0 Å². The van der Waals surface area contributed by atoms with Crippen LogP contribution < -0.4 is 10.1 Å². The molecule has 1 aliphatic heterocycles. The Morgan fingerprint density at radius 1 is 1.07 bits per heavy atom. The van der Waals surface area contributed by atoms with Gasteiger partial charge in [0.15, 0.2) is 11.5 Å². The van der Waals surface area contributed by atoms with Crippen LogP contribution in [0.15, 0.2) is 66.7 Å². The summed E-state index contributed by atoms with van der Waals surface area (Å²) in [6, 6.07) is 20.8. The summed E-state index contributed by atoms with van der Waals surface area (Å²) in [6.07, 6.45) is -0.377. The lowest BCUT2D eigenvalue weighted by Crippen LogP contribution is -2.42. The van der Waals surface area contributed by atoms with Crippen LogP contribution in [0, 0.1) is 6.92 Å². The minimum atomic E-state index is -0.377. The van der Waals surface area contributed by atoms with E-state index in [-0.39, 0.29) is 17.8 Å². The quantitative estimate of drug-likeness (QED) is 0.707. The number of phenolic OH excluding ortho intramolecular Hbond substituents is 1. The molecule has 1 amide bonds. The highest BCUT2D eigenvalue weighted by atomic mass is 16.5. The Kier molecular flexibility index (Phi) is 4.65. The molecule has 1 aliphatic rings. The number of nitrogens with zero attached hydrogens (tertiary/aromatic N) is 1. The smallest absolute Gasteiger partial charge is 0.258 e. The van der Waals surface area contributed by atoms with Crippen LogP contribution in [0.5, 0.6) is 11.5 Å². The first kappa shape index (κ1) is 17.9. The molecule has 1 heterocycles. The molecule has 5 nitrogen and oxygen atoms in total. The third kappa shape index (κ3) is 3.27. The topological polar surface area (TPSA) is 61.8 Å². The van der Waals surface area contributed by atoms with Crippen molar-refractivity contribution >= 4 is 11.6 Å². The van der Waals surface area contributed by atoms with Gasteiger partial charge >= 0.3 is 0 Å². The Hall–Kier alpha value is -3.47. The number of hydrogen-bond donors (Lipinski definition) is 2. The van der Waals surface area contributed by atoms with Crippen molar-refractivity contribution < 1.29 is 14.6 Å². The summed E-state index contributed by atoms with van der Waals surface area (Å²) >= 11 is 0. The zero-order valence-electron chi connectivity index (χ0n) is 15.8. The number of nitrogens with one attached hydrogen (secondary N) is 1. The summed E-state index contributed by atoms with van der Waals surface area (Å²) in [5, 5.41) is 13.4. The van der Waals surface area contributed by atoms with Crippen LogP contribution >= 0.6 is 0 Å². The zero-order valence-corrected chi connectivity index (χ0v) is 15.8. The van der Waals surface area contributed by atoms with Crippen molar-refractivity contribution in [2.24, 2.45) is 0 Å². The average Bonchev–Trinajstić information content (AvgIpc) is 2.72. The van der Waals surface area contributed by atoms with E-state index in [9.17, 15) is 9.90 Å². The maximum Gasteiger partial charge on any atom is 0.258 e. The zero-order chi connectivity index (χ0) is 19.7. The summed E-state index contributed by atoms with van der Waals surface area (Å²) < 4.78 is 5.26. The van der Waals surface area contributed by atoms with Gasteiger partial charge in [0.1, 0.15) is 6.17 Å². The second-order valence-electron chi connectivity index (χ2n) is 6.94. The molecule has 0 aliphatic carbocycles. The standard InChI is InChI=1S/C23H22N2O3/c1-15-7-9-16(10-8-15)14-25-22(17-11-12-20(26)21(13-17)28-2)24-19-6-4-3-5-18(19)23(25)27/h3-13,22,24,26H,14H2,1-2H3/t22-/m0/s1. The van der Waals surface area contributed by atoms with Crippen LogP contribution in [0.25, 0.3) is 0 Å². The van der Waals surface area contributed by atoms with Gasteiger partial charge in [-0.05, 0) is 42.3 Å². The number of anilines is 1. The number of rotatable bonds is 4. The molecule has 3 aromatic carbocycles. The van der Waals surface area contributed by atoms with Crippen LogP contribution in [0.3, 0.4) is 0 Å². The van der Waals surface area contributed by atoms with E-state index in [4.69, 9.17) is 4.74 Å². The molecule has 0 aromatic heterocycles. The molecule has 0 bridgehead atoms. The first-order chi connectivity index (χ1) is 13.6. The first-order valence-electron chi connectivity index (χ1n) is 9.16. The van der Waals surface area contributed by atoms with E-state index in [1.54, 1.807) is 23.1 Å². The molecular formula is C23H22N2O3. The molecule has 0 saturated heterocycles. The summed E-state index contributed by atoms with van der Waals surface area (Å²) in [6.45, 7) is 2.51. The Morgan fingerprint density at radius 3 is 2.57 bits per heavy atom. The van der Waals surface area contributed by atoms with Gasteiger partial charge in [-0.15, -0.1) is 0 Å². The third-order valence-electron chi connectivity index (χ3n) is 5.02. The van der Waals surface area contributed by atoms with Gasteiger partial charge < -0.3 is 20.1 Å². The first-order valence-corrected chi connectivity index (χ1v) is 9.16. The largest absolute Gasteiger partial charge is 0.504 e. The number of phenols is 1. The molecule has 28 heavy (non-hydrogen) atoms. The number of benzene rings is 3. The highest BCUT2D eigenvalue weighted by Crippen LogP contribution is 2.37. The predicted molar refractivity (Wildman–Crippen MR) is 109 cm³/mol. The van der Waals surface area contributed by atoms with E-state index in [1.165, 1.54) is 12.7 Å². The van der Waals surface area contributed by atoms with E-state index < -0.39 is 0 Å². The lowest BCUT2D eigenvalue weighted by atomic mass is 10.0. The number of carbonyl (C=O) groups excluding carboxylic acids is 1. The molecule has 4 rings (SSSR count). The van der Waals surface area contributed by atoms with Crippen molar-refractivity contribution in [2.75, 3.05) is 12.4 Å². The number of fused-ring (bicyclic) bond motifs is 1. The van der Waals surface area contributed by atoms with Crippen molar-refractivity contribution in [3.8, 4) is 11.5 Å². The molecule has 0 saturated carbocycles. The Balaban J connectivity index is 1.76. The Bertz CT molecular complexity index is 1010. The van der Waals surface area contributed by atoms with Crippen LogP contribution in [-0.2, 0) is 6.54 Å². The SMILES string of the molecule is COc1cc([C@H]2Nc3ccccc3C(=O)N2Cc2ccc(C)cc2)ccc1O. The molecule has 2 N–H and O–H groups in total. The van der Waals surface area contributed by atoms with Gasteiger partial charge in [0, 0.05) is 12.2 Å². The number of methoxy groups -OCH3 is 1. The minimum Gasteiger partial charge on any atom is -0.504 e. The summed E-state index contributed by atoms with van der Waals surface area (Å²) in [7, 11) is 1.51. The maximum atomic E-state index is 13.3. The maximum absolute atomic E-state index is 13.3. The number of hydrogen-bond acceptors (Lipinski definition) is 4. The van der Waals surface area contributed by atoms with Crippen LogP contribution in [0.4, 0.5) is 5.69 Å². The number of carbonyl (C=O) groups is 1. The van der Waals surface area contributed by atoms with Gasteiger partial charge in [-0.3, -0.25) is 4.79 Å². The number of para-hydroxylation sites is 1. The number of ether oxygens (including phenoxy) is 1. The second-order valence-corrected chi connectivity index (χ2v) is 6.94. The number of aryl methyl sites for hydroxylation is 1.